The van der Waals surface area contributed by atoms with E-state index in [4.69, 9.17) is 0 Å². The van der Waals surface area contributed by atoms with Gasteiger partial charge in [-0.05, 0) is 109 Å². The van der Waals surface area contributed by atoms with Gasteiger partial charge < -0.3 is 5.32 Å². The van der Waals surface area contributed by atoms with Crippen molar-refractivity contribution in [2.24, 2.45) is 0 Å². The van der Waals surface area contributed by atoms with Crippen molar-refractivity contribution >= 4 is 44.7 Å². The fourth-order valence-corrected chi connectivity index (χ4v) is 9.24. The second kappa shape index (κ2) is 10.2. The summed E-state index contributed by atoms with van der Waals surface area (Å²) in [6.07, 6.45) is 0. The molecule has 1 nitrogen and oxygen atoms in total. The molecule has 2 aliphatic rings. The highest BCUT2D eigenvalue weighted by molar-refractivity contribution is 7.99. The van der Waals surface area contributed by atoms with Gasteiger partial charge in [-0.1, -0.05) is 139 Å². The standard InChI is InChI=1S/C45H29NS/c1-2-11-30-26-32(21-20-29(30)10-1)35-15-9-12-31-27-33(22-24-36(31)35)46-34-23-25-44-42(28-34)45(41-18-7-8-19-43(41)47-44)39-16-5-3-13-37(39)38-14-4-6-17-40(38)45/h1-28,46H. The molecule has 2 heteroatoms. The van der Waals surface area contributed by atoms with E-state index in [1.54, 1.807) is 0 Å². The molecular weight excluding hydrogens is 587 g/mol. The Bertz CT molecular complexity index is 2500. The fourth-order valence-electron chi connectivity index (χ4n) is 8.07. The third-order valence-electron chi connectivity index (χ3n) is 10.1. The lowest BCUT2D eigenvalue weighted by Gasteiger charge is -2.40. The molecule has 220 valence electrons. The number of benzene rings is 8. The van der Waals surface area contributed by atoms with Crippen LogP contribution in [0.2, 0.25) is 0 Å². The molecule has 1 N–H and O–H groups in total. The summed E-state index contributed by atoms with van der Waals surface area (Å²) < 4.78 is 0. The zero-order valence-electron chi connectivity index (χ0n) is 25.6. The molecule has 8 aromatic carbocycles. The smallest absolute Gasteiger partial charge is 0.0736 e. The van der Waals surface area contributed by atoms with Crippen LogP contribution < -0.4 is 5.32 Å². The lowest BCUT2D eigenvalue weighted by molar-refractivity contribution is 0.723. The Morgan fingerprint density at radius 1 is 0.383 bits per heavy atom. The first-order valence-corrected chi connectivity index (χ1v) is 17.0. The van der Waals surface area contributed by atoms with Crippen LogP contribution in [0.5, 0.6) is 0 Å². The van der Waals surface area contributed by atoms with E-state index >= 15 is 0 Å². The Labute approximate surface area is 278 Å². The average Bonchev–Trinajstić information content (AvgIpc) is 3.42. The van der Waals surface area contributed by atoms with Crippen molar-refractivity contribution in [3.63, 3.8) is 0 Å². The molecule has 1 heterocycles. The van der Waals surface area contributed by atoms with Gasteiger partial charge in [-0.2, -0.15) is 0 Å². The van der Waals surface area contributed by atoms with Gasteiger partial charge in [0.25, 0.3) is 0 Å². The average molecular weight is 616 g/mol. The van der Waals surface area contributed by atoms with E-state index in [1.807, 2.05) is 11.8 Å². The van der Waals surface area contributed by atoms with Crippen molar-refractivity contribution in [3.05, 3.63) is 192 Å². The fraction of sp³-hybridized carbons (Fsp3) is 0.0222. The Hall–Kier alpha value is -5.57. The number of rotatable bonds is 3. The van der Waals surface area contributed by atoms with E-state index in [0.717, 1.165) is 11.4 Å². The van der Waals surface area contributed by atoms with Crippen molar-refractivity contribution in [2.45, 2.75) is 15.2 Å². The molecule has 10 rings (SSSR count). The first-order valence-electron chi connectivity index (χ1n) is 16.2. The highest BCUT2D eigenvalue weighted by Crippen LogP contribution is 2.62. The second-order valence-corrected chi connectivity index (χ2v) is 13.7. The maximum Gasteiger partial charge on any atom is 0.0736 e. The first kappa shape index (κ1) is 26.6. The molecule has 0 unspecified atom stereocenters. The minimum absolute atomic E-state index is 0.375. The largest absolute Gasteiger partial charge is 0.355 e. The summed E-state index contributed by atoms with van der Waals surface area (Å²) >= 11 is 1.88. The summed E-state index contributed by atoms with van der Waals surface area (Å²) in [6.45, 7) is 0. The van der Waals surface area contributed by atoms with Gasteiger partial charge in [-0.3, -0.25) is 0 Å². The van der Waals surface area contributed by atoms with Gasteiger partial charge in [0.05, 0.1) is 5.41 Å². The highest BCUT2D eigenvalue weighted by Gasteiger charge is 2.50. The molecule has 1 aliphatic carbocycles. The number of hydrogen-bond acceptors (Lipinski definition) is 2. The van der Waals surface area contributed by atoms with Crippen LogP contribution in [0.25, 0.3) is 43.8 Å². The third-order valence-corrected chi connectivity index (χ3v) is 11.2. The molecule has 1 spiro atoms. The quantitative estimate of drug-likeness (QED) is 0.212. The predicted molar refractivity (Wildman–Crippen MR) is 198 cm³/mol. The minimum atomic E-state index is -0.375. The number of hydrogen-bond donors (Lipinski definition) is 1. The Kier molecular flexibility index (Phi) is 5.79. The minimum Gasteiger partial charge on any atom is -0.355 e. The molecule has 0 amide bonds. The van der Waals surface area contributed by atoms with E-state index in [1.165, 1.54) is 75.8 Å². The number of fused-ring (bicyclic) bond motifs is 11. The molecule has 0 bridgehead atoms. The first-order chi connectivity index (χ1) is 23.3. The van der Waals surface area contributed by atoms with Crippen LogP contribution in [0.15, 0.2) is 180 Å². The summed E-state index contributed by atoms with van der Waals surface area (Å²) in [5.74, 6) is 0. The van der Waals surface area contributed by atoms with Crippen LogP contribution in [0.3, 0.4) is 0 Å². The molecule has 0 saturated heterocycles. The molecule has 1 aliphatic heterocycles. The molecule has 0 fully saturated rings. The van der Waals surface area contributed by atoms with Crippen LogP contribution in [-0.4, -0.2) is 0 Å². The molecular formula is C45H29NS. The number of anilines is 2. The Morgan fingerprint density at radius 2 is 1.00 bits per heavy atom. The van der Waals surface area contributed by atoms with Crippen LogP contribution in [-0.2, 0) is 5.41 Å². The van der Waals surface area contributed by atoms with Crippen LogP contribution in [0, 0.1) is 0 Å². The highest BCUT2D eigenvalue weighted by atomic mass is 32.2. The van der Waals surface area contributed by atoms with Crippen molar-refractivity contribution in [1.29, 1.82) is 0 Å². The van der Waals surface area contributed by atoms with Gasteiger partial charge in [0.1, 0.15) is 0 Å². The molecule has 0 saturated carbocycles. The van der Waals surface area contributed by atoms with Gasteiger partial charge in [0.2, 0.25) is 0 Å². The second-order valence-electron chi connectivity index (χ2n) is 12.6. The molecule has 0 atom stereocenters. The van der Waals surface area contributed by atoms with Gasteiger partial charge >= 0.3 is 0 Å². The molecule has 8 aromatic rings. The van der Waals surface area contributed by atoms with Crippen LogP contribution in [0.1, 0.15) is 22.3 Å². The zero-order chi connectivity index (χ0) is 31.0. The summed E-state index contributed by atoms with van der Waals surface area (Å²) in [6, 6.07) is 62.6. The summed E-state index contributed by atoms with van der Waals surface area (Å²) in [4.78, 5) is 2.63. The molecule has 0 aromatic heterocycles. The lowest BCUT2D eigenvalue weighted by atomic mass is 9.67. The van der Waals surface area contributed by atoms with E-state index in [-0.39, 0.29) is 5.41 Å². The Morgan fingerprint density at radius 3 is 1.83 bits per heavy atom. The lowest BCUT2D eigenvalue weighted by Crippen LogP contribution is -2.32. The summed E-state index contributed by atoms with van der Waals surface area (Å²) in [5, 5.41) is 8.80. The summed E-state index contributed by atoms with van der Waals surface area (Å²) in [7, 11) is 0. The Balaban J connectivity index is 1.09. The normalized spacial score (nSPS) is 13.6. The van der Waals surface area contributed by atoms with Gasteiger partial charge in [0.15, 0.2) is 0 Å². The third kappa shape index (κ3) is 3.92. The molecule has 0 radical (unpaired) electrons. The van der Waals surface area contributed by atoms with Crippen molar-refractivity contribution < 1.29 is 0 Å². The van der Waals surface area contributed by atoms with Gasteiger partial charge in [-0.15, -0.1) is 0 Å². The van der Waals surface area contributed by atoms with Crippen LogP contribution >= 0.6 is 11.8 Å². The topological polar surface area (TPSA) is 12.0 Å². The van der Waals surface area contributed by atoms with Crippen molar-refractivity contribution in [3.8, 4) is 22.3 Å². The van der Waals surface area contributed by atoms with E-state index in [0.29, 0.717) is 0 Å². The predicted octanol–water partition coefficient (Wildman–Crippen LogP) is 12.2. The van der Waals surface area contributed by atoms with Gasteiger partial charge in [0, 0.05) is 21.2 Å². The summed E-state index contributed by atoms with van der Waals surface area (Å²) in [5.41, 5.74) is 12.4. The van der Waals surface area contributed by atoms with Crippen molar-refractivity contribution in [1.82, 2.24) is 0 Å². The van der Waals surface area contributed by atoms with E-state index in [2.05, 4.69) is 175 Å². The monoisotopic (exact) mass is 615 g/mol. The van der Waals surface area contributed by atoms with E-state index in [9.17, 15) is 0 Å². The SMILES string of the molecule is c1ccc2c(c1)Sc1ccc(Nc3ccc4c(-c5ccc6ccccc6c5)cccc4c3)cc1C21c2ccccc2-c2ccccc21. The maximum atomic E-state index is 3.80. The van der Waals surface area contributed by atoms with Crippen molar-refractivity contribution in [2.75, 3.05) is 5.32 Å². The van der Waals surface area contributed by atoms with Crippen LogP contribution in [0.4, 0.5) is 11.4 Å². The molecule has 47 heavy (non-hydrogen) atoms. The zero-order valence-corrected chi connectivity index (χ0v) is 26.4. The number of nitrogens with one attached hydrogen (secondary N) is 1. The van der Waals surface area contributed by atoms with Gasteiger partial charge in [-0.25, -0.2) is 0 Å². The maximum absolute atomic E-state index is 3.80. The van der Waals surface area contributed by atoms with E-state index < -0.39 is 0 Å².